The molecule has 0 saturated heterocycles. The van der Waals surface area contributed by atoms with Gasteiger partial charge in [0.2, 0.25) is 0 Å². The number of rotatable bonds is 17. The molecule has 1 atom stereocenters. The maximum absolute atomic E-state index is 9.57. The van der Waals surface area contributed by atoms with Gasteiger partial charge in [-0.2, -0.15) is 0 Å². The monoisotopic (exact) mass is 371 g/mol. The summed E-state index contributed by atoms with van der Waals surface area (Å²) in [5.74, 6) is -2.74. The minimum atomic E-state index is -2.74. The Balaban J connectivity index is 0. The van der Waals surface area contributed by atoms with Crippen LogP contribution in [0.15, 0.2) is 0 Å². The lowest BCUT2D eigenvalue weighted by molar-refractivity contribution is -0.306. The minimum Gasteiger partial charge on any atom is -0.389 e. The lowest BCUT2D eigenvalue weighted by atomic mass is 10.1. The zero-order valence-electron chi connectivity index (χ0n) is 15.1. The lowest BCUT2D eigenvalue weighted by Gasteiger charge is -2.17. The molecule has 0 rings (SSSR count). The van der Waals surface area contributed by atoms with Crippen molar-refractivity contribution < 1.29 is 25.2 Å². The van der Waals surface area contributed by atoms with E-state index in [-0.39, 0.29) is 25.6 Å². The van der Waals surface area contributed by atoms with Gasteiger partial charge in [-0.05, 0) is 6.42 Å². The molecule has 0 radical (unpaired) electrons. The molecule has 0 aromatic heterocycles. The van der Waals surface area contributed by atoms with Crippen molar-refractivity contribution in [3.05, 3.63) is 0 Å². The van der Waals surface area contributed by atoms with E-state index in [4.69, 9.17) is 20.1 Å². The van der Waals surface area contributed by atoms with Crippen molar-refractivity contribution in [3.63, 3.8) is 0 Å². The van der Waals surface area contributed by atoms with Gasteiger partial charge in [0.15, 0.2) is 0 Å². The van der Waals surface area contributed by atoms with E-state index >= 15 is 0 Å². The van der Waals surface area contributed by atoms with Gasteiger partial charge in [-0.25, -0.2) is 0 Å². The van der Waals surface area contributed by atoms with E-state index in [1.54, 1.807) is 0 Å². The first-order valence-corrected chi connectivity index (χ1v) is 9.09. The predicted molar refractivity (Wildman–Crippen MR) is 98.2 cm³/mol. The van der Waals surface area contributed by atoms with E-state index in [2.05, 4.69) is 12.2 Å². The van der Waals surface area contributed by atoms with E-state index in [1.807, 2.05) is 0 Å². The molecule has 0 spiro atoms. The molecule has 24 heavy (non-hydrogen) atoms. The van der Waals surface area contributed by atoms with E-state index in [0.717, 1.165) is 12.8 Å². The number of halogens is 1. The van der Waals surface area contributed by atoms with Crippen LogP contribution >= 0.6 is 12.4 Å². The largest absolute Gasteiger partial charge is 0.389 e. The molecular weight excluding hydrogens is 334 g/mol. The SMILES string of the molecule is CCCCCCCCCCCCOCC(O)CNCC(O)(O)O.Cl. The van der Waals surface area contributed by atoms with Crippen molar-refractivity contribution in [2.75, 3.05) is 26.3 Å². The third-order valence-electron chi connectivity index (χ3n) is 3.69. The molecule has 0 aliphatic heterocycles. The average Bonchev–Trinajstić information content (AvgIpc) is 2.47. The van der Waals surface area contributed by atoms with Gasteiger partial charge in [-0.3, -0.25) is 0 Å². The summed E-state index contributed by atoms with van der Waals surface area (Å²) in [6.45, 7) is 2.81. The van der Waals surface area contributed by atoms with Crippen LogP contribution in [0, 0.1) is 0 Å². The standard InChI is InChI=1S/C17H37NO5.ClH/c1-2-3-4-5-6-7-8-9-10-11-12-23-14-16(19)13-18-15-17(20,21)22;/h16,18-22H,2-15H2,1H3;1H. The normalized spacial score (nSPS) is 12.9. The van der Waals surface area contributed by atoms with Gasteiger partial charge in [0.05, 0.1) is 19.3 Å². The average molecular weight is 372 g/mol. The van der Waals surface area contributed by atoms with Gasteiger partial charge < -0.3 is 30.5 Å². The fourth-order valence-corrected chi connectivity index (χ4v) is 2.38. The van der Waals surface area contributed by atoms with Crippen LogP contribution in [-0.2, 0) is 4.74 Å². The minimum absolute atomic E-state index is 0. The van der Waals surface area contributed by atoms with Crippen LogP contribution in [-0.4, -0.2) is 58.8 Å². The lowest BCUT2D eigenvalue weighted by Crippen LogP contribution is -2.43. The van der Waals surface area contributed by atoms with Crippen LogP contribution in [0.5, 0.6) is 0 Å². The van der Waals surface area contributed by atoms with E-state index in [0.29, 0.717) is 6.61 Å². The Hall–Kier alpha value is 0.0500. The summed E-state index contributed by atoms with van der Waals surface area (Å²) in [5.41, 5.74) is 0. The molecule has 0 bridgehead atoms. The van der Waals surface area contributed by atoms with E-state index < -0.39 is 18.6 Å². The second-order valence-electron chi connectivity index (χ2n) is 6.32. The Morgan fingerprint density at radius 2 is 1.38 bits per heavy atom. The Morgan fingerprint density at radius 1 is 0.875 bits per heavy atom. The second-order valence-corrected chi connectivity index (χ2v) is 6.32. The zero-order chi connectivity index (χ0) is 17.4. The number of aliphatic hydroxyl groups excluding tert-OH is 1. The number of aliphatic hydroxyl groups is 4. The van der Waals surface area contributed by atoms with Crippen molar-refractivity contribution >= 4 is 12.4 Å². The molecule has 1 unspecified atom stereocenters. The van der Waals surface area contributed by atoms with Crippen molar-refractivity contribution in [2.24, 2.45) is 0 Å². The van der Waals surface area contributed by atoms with E-state index in [1.165, 1.54) is 51.4 Å². The highest BCUT2D eigenvalue weighted by Gasteiger charge is 2.17. The maximum atomic E-state index is 9.57. The van der Waals surface area contributed by atoms with E-state index in [9.17, 15) is 5.11 Å². The summed E-state index contributed by atoms with van der Waals surface area (Å²) in [6, 6.07) is 0. The number of nitrogens with one attached hydrogen (secondary N) is 1. The van der Waals surface area contributed by atoms with Crippen LogP contribution in [0.25, 0.3) is 0 Å². The molecule has 0 heterocycles. The highest BCUT2D eigenvalue weighted by Crippen LogP contribution is 2.10. The zero-order valence-corrected chi connectivity index (χ0v) is 15.9. The summed E-state index contributed by atoms with van der Waals surface area (Å²) in [4.78, 5) is 0. The van der Waals surface area contributed by atoms with Gasteiger partial charge in [0.1, 0.15) is 0 Å². The van der Waals surface area contributed by atoms with Crippen LogP contribution in [0.3, 0.4) is 0 Å². The summed E-state index contributed by atoms with van der Waals surface area (Å²) < 4.78 is 5.37. The third kappa shape index (κ3) is 22.1. The smallest absolute Gasteiger partial charge is 0.288 e. The molecule has 0 aromatic rings. The molecule has 7 heteroatoms. The first-order valence-electron chi connectivity index (χ1n) is 9.09. The Kier molecular flexibility index (Phi) is 19.6. The fraction of sp³-hybridized carbons (Fsp3) is 1.00. The van der Waals surface area contributed by atoms with Gasteiger partial charge >= 0.3 is 0 Å². The molecule has 0 aliphatic rings. The van der Waals surface area contributed by atoms with Crippen LogP contribution in [0.4, 0.5) is 0 Å². The summed E-state index contributed by atoms with van der Waals surface area (Å²) in [6.07, 6.45) is 12.1. The molecule has 148 valence electrons. The number of hydrogen-bond acceptors (Lipinski definition) is 6. The second kappa shape index (κ2) is 17.9. The topological polar surface area (TPSA) is 102 Å². The van der Waals surface area contributed by atoms with Crippen molar-refractivity contribution in [1.29, 1.82) is 0 Å². The number of hydrogen-bond donors (Lipinski definition) is 5. The quantitative estimate of drug-likeness (QED) is 0.198. The number of unbranched alkanes of at least 4 members (excludes halogenated alkanes) is 9. The van der Waals surface area contributed by atoms with Crippen molar-refractivity contribution in [2.45, 2.75) is 83.2 Å². The van der Waals surface area contributed by atoms with Crippen LogP contribution in [0.1, 0.15) is 71.1 Å². The summed E-state index contributed by atoms with van der Waals surface area (Å²) in [7, 11) is 0. The summed E-state index contributed by atoms with van der Waals surface area (Å²) >= 11 is 0. The molecular formula is C17H38ClNO5. The molecule has 0 amide bonds. The first-order chi connectivity index (χ1) is 11.0. The highest BCUT2D eigenvalue weighted by atomic mass is 35.5. The first kappa shape index (κ1) is 26.3. The van der Waals surface area contributed by atoms with Gasteiger partial charge in [-0.15, -0.1) is 12.4 Å². The highest BCUT2D eigenvalue weighted by molar-refractivity contribution is 5.85. The van der Waals surface area contributed by atoms with Gasteiger partial charge in [0.25, 0.3) is 5.97 Å². The van der Waals surface area contributed by atoms with Gasteiger partial charge in [0, 0.05) is 13.2 Å². The van der Waals surface area contributed by atoms with Crippen LogP contribution < -0.4 is 5.32 Å². The summed E-state index contributed by atoms with van der Waals surface area (Å²) in [5, 5.41) is 38.1. The van der Waals surface area contributed by atoms with Crippen molar-refractivity contribution in [1.82, 2.24) is 5.32 Å². The maximum Gasteiger partial charge on any atom is 0.288 e. The fourth-order valence-electron chi connectivity index (χ4n) is 2.38. The third-order valence-corrected chi connectivity index (χ3v) is 3.69. The van der Waals surface area contributed by atoms with Crippen molar-refractivity contribution in [3.8, 4) is 0 Å². The molecule has 0 fully saturated rings. The Morgan fingerprint density at radius 3 is 1.88 bits per heavy atom. The Labute approximate surface area is 153 Å². The molecule has 0 aliphatic carbocycles. The molecule has 0 saturated carbocycles. The Bertz CT molecular complexity index is 252. The predicted octanol–water partition coefficient (Wildman–Crippen LogP) is 1.93. The molecule has 0 aromatic carbocycles. The molecule has 6 nitrogen and oxygen atoms in total. The number of ether oxygens (including phenoxy) is 1. The molecule has 5 N–H and O–H groups in total. The van der Waals surface area contributed by atoms with Crippen LogP contribution in [0.2, 0.25) is 0 Å². The van der Waals surface area contributed by atoms with Gasteiger partial charge in [-0.1, -0.05) is 64.7 Å².